The van der Waals surface area contributed by atoms with E-state index in [-0.39, 0.29) is 30.4 Å². The number of nitrogens with zero attached hydrogens (tertiary/aromatic N) is 4. The number of anilines is 2. The van der Waals surface area contributed by atoms with E-state index in [0.717, 1.165) is 24.2 Å². The van der Waals surface area contributed by atoms with E-state index >= 15 is 0 Å². The van der Waals surface area contributed by atoms with Crippen molar-refractivity contribution in [2.45, 2.75) is 13.0 Å². The van der Waals surface area contributed by atoms with Crippen LogP contribution < -0.4 is 15.0 Å². The van der Waals surface area contributed by atoms with Crippen LogP contribution in [0.2, 0.25) is 0 Å². The van der Waals surface area contributed by atoms with Gasteiger partial charge in [-0.1, -0.05) is 30.3 Å². The van der Waals surface area contributed by atoms with Crippen LogP contribution in [0.4, 0.5) is 16.0 Å². The lowest BCUT2D eigenvalue weighted by molar-refractivity contribution is 0.0952. The summed E-state index contributed by atoms with van der Waals surface area (Å²) in [5, 5.41) is 11.2. The third kappa shape index (κ3) is 4.05. The van der Waals surface area contributed by atoms with Crippen molar-refractivity contribution < 1.29 is 13.9 Å². The lowest BCUT2D eigenvalue weighted by Gasteiger charge is -2.19. The van der Waals surface area contributed by atoms with Gasteiger partial charge in [0.05, 0.1) is 6.07 Å². The number of fused-ring (bicyclic) bond motifs is 1. The minimum Gasteiger partial charge on any atom is -0.472 e. The summed E-state index contributed by atoms with van der Waals surface area (Å²) in [6.07, 6.45) is 2.27. The largest absolute Gasteiger partial charge is 0.472 e. The molecule has 0 spiro atoms. The van der Waals surface area contributed by atoms with Gasteiger partial charge in [0.2, 0.25) is 11.8 Å². The molecule has 0 saturated heterocycles. The summed E-state index contributed by atoms with van der Waals surface area (Å²) >= 11 is 0. The second-order valence-electron chi connectivity index (χ2n) is 6.68. The molecular weight excluding hydrogens is 385 g/mol. The van der Waals surface area contributed by atoms with Crippen molar-refractivity contribution in [3.05, 3.63) is 77.2 Å². The number of amides is 1. The Morgan fingerprint density at radius 3 is 2.83 bits per heavy atom. The molecule has 0 unspecified atom stereocenters. The topological polar surface area (TPSA) is 91.1 Å². The van der Waals surface area contributed by atoms with E-state index in [4.69, 9.17) is 10.00 Å². The molecule has 1 aliphatic rings. The third-order valence-electron chi connectivity index (χ3n) is 4.73. The maximum absolute atomic E-state index is 13.1. The van der Waals surface area contributed by atoms with Crippen LogP contribution in [0.15, 0.2) is 54.7 Å². The number of nitrogens with one attached hydrogen (secondary N) is 1. The highest BCUT2D eigenvalue weighted by Gasteiger charge is 2.24. The number of para-hydroxylation sites is 1. The molecule has 0 fully saturated rings. The summed E-state index contributed by atoms with van der Waals surface area (Å²) < 4.78 is 18.9. The van der Waals surface area contributed by atoms with Crippen LogP contribution in [-0.4, -0.2) is 29.0 Å². The fourth-order valence-corrected chi connectivity index (χ4v) is 3.25. The van der Waals surface area contributed by atoms with Crippen molar-refractivity contribution in [3.63, 3.8) is 0 Å². The first-order valence-corrected chi connectivity index (χ1v) is 9.40. The summed E-state index contributed by atoms with van der Waals surface area (Å²) in [6, 6.07) is 15.7. The Hall–Kier alpha value is -3.99. The zero-order chi connectivity index (χ0) is 20.9. The molecule has 0 aliphatic carbocycles. The van der Waals surface area contributed by atoms with Gasteiger partial charge in [0, 0.05) is 18.4 Å². The van der Waals surface area contributed by atoms with Gasteiger partial charge in [-0.2, -0.15) is 10.2 Å². The van der Waals surface area contributed by atoms with Gasteiger partial charge in [0.1, 0.15) is 24.5 Å². The summed E-state index contributed by atoms with van der Waals surface area (Å²) in [7, 11) is 0. The highest BCUT2D eigenvalue weighted by Crippen LogP contribution is 2.33. The lowest BCUT2D eigenvalue weighted by Crippen LogP contribution is -2.25. The van der Waals surface area contributed by atoms with E-state index in [9.17, 15) is 9.18 Å². The van der Waals surface area contributed by atoms with Crippen molar-refractivity contribution >= 4 is 17.5 Å². The number of rotatable bonds is 6. The van der Waals surface area contributed by atoms with E-state index in [1.165, 1.54) is 23.9 Å². The molecule has 0 saturated carbocycles. The molecule has 1 aromatic heterocycles. The molecule has 150 valence electrons. The van der Waals surface area contributed by atoms with Crippen LogP contribution in [0.1, 0.15) is 21.5 Å². The van der Waals surface area contributed by atoms with Gasteiger partial charge in [-0.3, -0.25) is 4.79 Å². The molecule has 8 heteroatoms. The van der Waals surface area contributed by atoms with Gasteiger partial charge >= 0.3 is 0 Å². The Bertz CT molecular complexity index is 1110. The summed E-state index contributed by atoms with van der Waals surface area (Å²) in [5.41, 5.74) is 3.07. The van der Waals surface area contributed by atoms with Gasteiger partial charge in [0.15, 0.2) is 0 Å². The van der Waals surface area contributed by atoms with E-state index in [1.54, 1.807) is 12.1 Å². The van der Waals surface area contributed by atoms with Crippen molar-refractivity contribution in [3.8, 4) is 11.9 Å². The van der Waals surface area contributed by atoms with Crippen molar-refractivity contribution in [1.82, 2.24) is 15.3 Å². The van der Waals surface area contributed by atoms with E-state index < -0.39 is 5.91 Å². The van der Waals surface area contributed by atoms with Crippen LogP contribution in [-0.2, 0) is 13.0 Å². The van der Waals surface area contributed by atoms with Crippen LogP contribution in [0, 0.1) is 17.1 Å². The molecule has 0 atom stereocenters. The first-order chi connectivity index (χ1) is 14.7. The fraction of sp³-hybridized carbons (Fsp3) is 0.182. The minimum absolute atomic E-state index is 0.101. The van der Waals surface area contributed by atoms with Crippen LogP contribution in [0.3, 0.4) is 0 Å². The Balaban J connectivity index is 1.63. The molecule has 30 heavy (non-hydrogen) atoms. The third-order valence-corrected chi connectivity index (χ3v) is 4.73. The number of ether oxygens (including phenoxy) is 1. The molecule has 1 N–H and O–H groups in total. The second kappa shape index (κ2) is 8.57. The molecule has 3 aromatic rings. The van der Waals surface area contributed by atoms with E-state index in [2.05, 4.69) is 21.4 Å². The molecule has 0 bridgehead atoms. The first kappa shape index (κ1) is 19.3. The molecule has 0 radical (unpaired) electrons. The number of hydrogen-bond acceptors (Lipinski definition) is 6. The highest BCUT2D eigenvalue weighted by molar-refractivity contribution is 5.96. The second-order valence-corrected chi connectivity index (χ2v) is 6.68. The van der Waals surface area contributed by atoms with Crippen LogP contribution in [0.5, 0.6) is 5.88 Å². The van der Waals surface area contributed by atoms with Crippen molar-refractivity contribution in [1.29, 1.82) is 5.26 Å². The number of hydrogen-bond donors (Lipinski definition) is 1. The number of halogens is 1. The molecular formula is C22H18FN5O2. The highest BCUT2D eigenvalue weighted by atomic mass is 19.1. The average Bonchev–Trinajstić information content (AvgIpc) is 3.21. The van der Waals surface area contributed by atoms with Gasteiger partial charge in [0.25, 0.3) is 5.91 Å². The summed E-state index contributed by atoms with van der Waals surface area (Å²) in [4.78, 5) is 23.2. The maximum Gasteiger partial charge on any atom is 0.259 e. The summed E-state index contributed by atoms with van der Waals surface area (Å²) in [6.45, 7) is 0.681. The Labute approximate surface area is 172 Å². The predicted molar refractivity (Wildman–Crippen MR) is 108 cm³/mol. The SMILES string of the molecule is N#CCNC(=O)c1cnc(N2CCc3ccccc32)nc1OCc1ccc(F)cc1. The number of aromatic nitrogens is 2. The smallest absolute Gasteiger partial charge is 0.259 e. The Morgan fingerprint density at radius 1 is 1.23 bits per heavy atom. The maximum atomic E-state index is 13.1. The van der Waals surface area contributed by atoms with Gasteiger partial charge in [-0.25, -0.2) is 9.37 Å². The normalized spacial score (nSPS) is 12.2. The van der Waals surface area contributed by atoms with Gasteiger partial charge < -0.3 is 15.0 Å². The van der Waals surface area contributed by atoms with E-state index in [0.29, 0.717) is 5.95 Å². The Morgan fingerprint density at radius 2 is 2.03 bits per heavy atom. The molecule has 7 nitrogen and oxygen atoms in total. The Kier molecular flexibility index (Phi) is 5.52. The van der Waals surface area contributed by atoms with Crippen LogP contribution >= 0.6 is 0 Å². The zero-order valence-electron chi connectivity index (χ0n) is 16.0. The van der Waals surface area contributed by atoms with Gasteiger partial charge in [-0.15, -0.1) is 0 Å². The number of benzene rings is 2. The lowest BCUT2D eigenvalue weighted by atomic mass is 10.2. The number of nitriles is 1. The molecule has 4 rings (SSSR count). The fourth-order valence-electron chi connectivity index (χ4n) is 3.25. The minimum atomic E-state index is -0.501. The first-order valence-electron chi connectivity index (χ1n) is 9.40. The van der Waals surface area contributed by atoms with E-state index in [1.807, 2.05) is 29.2 Å². The number of carbonyl (C=O) groups is 1. The molecule has 1 amide bonds. The van der Waals surface area contributed by atoms with Crippen LogP contribution in [0.25, 0.3) is 0 Å². The summed E-state index contributed by atoms with van der Waals surface area (Å²) in [5.74, 6) is -0.318. The molecule has 2 heterocycles. The van der Waals surface area contributed by atoms with Crippen molar-refractivity contribution in [2.24, 2.45) is 0 Å². The monoisotopic (exact) mass is 403 g/mol. The predicted octanol–water partition coefficient (Wildman–Crippen LogP) is 3.14. The average molecular weight is 403 g/mol. The standard InChI is InChI=1S/C22H18FN5O2/c23-17-7-5-15(6-8-17)14-30-21-18(20(29)25-11-10-24)13-26-22(27-21)28-12-9-16-3-1-2-4-19(16)28/h1-8,13H,9,11-12,14H2,(H,25,29). The molecule has 1 aliphatic heterocycles. The van der Waals surface area contributed by atoms with Gasteiger partial charge in [-0.05, 0) is 35.7 Å². The quantitative estimate of drug-likeness (QED) is 0.636. The van der Waals surface area contributed by atoms with Crippen molar-refractivity contribution in [2.75, 3.05) is 18.0 Å². The zero-order valence-corrected chi connectivity index (χ0v) is 16.0. The molecule has 2 aromatic carbocycles. The number of carbonyl (C=O) groups excluding carboxylic acids is 1.